The number of hydrogen-bond donors (Lipinski definition) is 0. The summed E-state index contributed by atoms with van der Waals surface area (Å²) >= 11 is 0. The average molecular weight is 288 g/mol. The number of pyridine rings is 1. The van der Waals surface area contributed by atoms with Crippen molar-refractivity contribution < 1.29 is 0 Å². The summed E-state index contributed by atoms with van der Waals surface area (Å²) in [6, 6.07) is 6.29. The minimum absolute atomic E-state index is 0.0451. The van der Waals surface area contributed by atoms with Crippen LogP contribution >= 0.6 is 0 Å². The maximum atomic E-state index is 12.2. The third-order valence-corrected chi connectivity index (χ3v) is 4.76. The van der Waals surface area contributed by atoms with Crippen molar-refractivity contribution in [3.05, 3.63) is 34.9 Å². The fourth-order valence-electron chi connectivity index (χ4n) is 3.23. The largest absolute Gasteiger partial charge is 0.350 e. The molecule has 0 atom stereocenters. The fourth-order valence-corrected chi connectivity index (χ4v) is 3.23. The van der Waals surface area contributed by atoms with Crippen molar-refractivity contribution in [1.29, 1.82) is 0 Å². The van der Waals surface area contributed by atoms with Gasteiger partial charge in [0, 0.05) is 18.8 Å². The molecular formula is C16H24N4O. The highest BCUT2D eigenvalue weighted by Crippen LogP contribution is 2.26. The van der Waals surface area contributed by atoms with Crippen LogP contribution in [0, 0.1) is 5.92 Å². The molecule has 0 aromatic carbocycles. The van der Waals surface area contributed by atoms with E-state index in [9.17, 15) is 4.79 Å². The maximum Gasteiger partial charge on any atom is 0.350 e. The average Bonchev–Trinajstić information content (AvgIpc) is 2.82. The first kappa shape index (κ1) is 14.3. The molecule has 0 saturated heterocycles. The number of fused-ring (bicyclic) bond motifs is 1. The Bertz CT molecular complexity index is 652. The summed E-state index contributed by atoms with van der Waals surface area (Å²) < 4.78 is 3.18. The molecule has 1 aliphatic rings. The highest BCUT2D eigenvalue weighted by Gasteiger charge is 2.21. The van der Waals surface area contributed by atoms with Gasteiger partial charge < -0.3 is 4.90 Å². The van der Waals surface area contributed by atoms with Crippen molar-refractivity contribution in [2.24, 2.45) is 5.92 Å². The monoisotopic (exact) mass is 288 g/mol. The molecule has 3 rings (SSSR count). The Morgan fingerprint density at radius 1 is 1.29 bits per heavy atom. The summed E-state index contributed by atoms with van der Waals surface area (Å²) in [7, 11) is 2.17. The van der Waals surface area contributed by atoms with E-state index in [4.69, 9.17) is 0 Å². The van der Waals surface area contributed by atoms with E-state index in [1.54, 1.807) is 15.3 Å². The second-order valence-electron chi connectivity index (χ2n) is 6.33. The molecule has 5 nitrogen and oxygen atoms in total. The van der Waals surface area contributed by atoms with Crippen molar-refractivity contribution in [3.63, 3.8) is 0 Å². The molecule has 0 radical (unpaired) electrons. The standard InChI is InChI=1S/C16H24N4O/c1-13-6-8-14(9-7-13)18(2)11-12-20-16(21)19-10-4-3-5-15(19)17-20/h3-5,10,13-14H,6-9,11-12H2,1-2H3. The second-order valence-corrected chi connectivity index (χ2v) is 6.33. The van der Waals surface area contributed by atoms with Crippen molar-refractivity contribution in [3.8, 4) is 0 Å². The number of rotatable bonds is 4. The van der Waals surface area contributed by atoms with Gasteiger partial charge in [0.15, 0.2) is 5.65 Å². The smallest absolute Gasteiger partial charge is 0.302 e. The predicted molar refractivity (Wildman–Crippen MR) is 83.5 cm³/mol. The van der Waals surface area contributed by atoms with Crippen molar-refractivity contribution in [2.75, 3.05) is 13.6 Å². The van der Waals surface area contributed by atoms with Gasteiger partial charge in [-0.05, 0) is 50.8 Å². The Balaban J connectivity index is 1.63. The molecule has 0 unspecified atom stereocenters. The van der Waals surface area contributed by atoms with E-state index in [0.717, 1.165) is 18.1 Å². The van der Waals surface area contributed by atoms with Gasteiger partial charge in [-0.2, -0.15) is 0 Å². The molecule has 0 spiro atoms. The van der Waals surface area contributed by atoms with Crippen LogP contribution in [0.3, 0.4) is 0 Å². The molecule has 0 N–H and O–H groups in total. The van der Waals surface area contributed by atoms with Gasteiger partial charge >= 0.3 is 5.69 Å². The van der Waals surface area contributed by atoms with Gasteiger partial charge in [-0.15, -0.1) is 5.10 Å². The third kappa shape index (κ3) is 3.02. The van der Waals surface area contributed by atoms with Crippen LogP contribution in [-0.2, 0) is 6.54 Å². The molecule has 0 amide bonds. The van der Waals surface area contributed by atoms with Crippen LogP contribution in [-0.4, -0.2) is 38.7 Å². The molecule has 5 heteroatoms. The van der Waals surface area contributed by atoms with Crippen LogP contribution in [0.1, 0.15) is 32.6 Å². The molecule has 2 aromatic heterocycles. The summed E-state index contributed by atoms with van der Waals surface area (Å²) in [6.07, 6.45) is 6.97. The zero-order valence-electron chi connectivity index (χ0n) is 12.9. The van der Waals surface area contributed by atoms with Crippen LogP contribution in [0.2, 0.25) is 0 Å². The molecule has 1 aliphatic carbocycles. The molecule has 114 valence electrons. The van der Waals surface area contributed by atoms with Crippen molar-refractivity contribution >= 4 is 5.65 Å². The zero-order chi connectivity index (χ0) is 14.8. The van der Waals surface area contributed by atoms with Gasteiger partial charge in [-0.3, -0.25) is 4.40 Å². The SMILES string of the molecule is CC1CCC(N(C)CCn2nc3ccccn3c2=O)CC1. The maximum absolute atomic E-state index is 12.2. The van der Waals surface area contributed by atoms with E-state index in [1.807, 2.05) is 18.2 Å². The molecule has 2 heterocycles. The molecule has 1 fully saturated rings. The molecular weight excluding hydrogens is 264 g/mol. The minimum atomic E-state index is -0.0451. The Morgan fingerprint density at radius 2 is 2.05 bits per heavy atom. The predicted octanol–water partition coefficient (Wildman–Crippen LogP) is 2.01. The van der Waals surface area contributed by atoms with E-state index in [0.29, 0.717) is 12.6 Å². The lowest BCUT2D eigenvalue weighted by Gasteiger charge is -2.33. The van der Waals surface area contributed by atoms with Crippen LogP contribution in [0.5, 0.6) is 0 Å². The van der Waals surface area contributed by atoms with Crippen LogP contribution in [0.15, 0.2) is 29.2 Å². The first-order valence-electron chi connectivity index (χ1n) is 7.89. The van der Waals surface area contributed by atoms with E-state index in [1.165, 1.54) is 25.7 Å². The van der Waals surface area contributed by atoms with Gasteiger partial charge in [-0.25, -0.2) is 9.48 Å². The topological polar surface area (TPSA) is 42.5 Å². The number of aromatic nitrogens is 3. The fraction of sp³-hybridized carbons (Fsp3) is 0.625. The highest BCUT2D eigenvalue weighted by atomic mass is 16.2. The van der Waals surface area contributed by atoms with Gasteiger partial charge in [0.2, 0.25) is 0 Å². The Hall–Kier alpha value is -1.62. The van der Waals surface area contributed by atoms with Crippen LogP contribution in [0.4, 0.5) is 0 Å². The third-order valence-electron chi connectivity index (χ3n) is 4.76. The van der Waals surface area contributed by atoms with Gasteiger partial charge in [0.1, 0.15) is 0 Å². The minimum Gasteiger partial charge on any atom is -0.302 e. The van der Waals surface area contributed by atoms with E-state index < -0.39 is 0 Å². The summed E-state index contributed by atoms with van der Waals surface area (Å²) in [5, 5.41) is 4.38. The summed E-state index contributed by atoms with van der Waals surface area (Å²) in [4.78, 5) is 14.6. The summed E-state index contributed by atoms with van der Waals surface area (Å²) in [5.74, 6) is 0.871. The lowest BCUT2D eigenvalue weighted by Crippen LogP contribution is -2.38. The second kappa shape index (κ2) is 6.02. The van der Waals surface area contributed by atoms with Gasteiger partial charge in [-0.1, -0.05) is 13.0 Å². The zero-order valence-corrected chi connectivity index (χ0v) is 12.9. The summed E-state index contributed by atoms with van der Waals surface area (Å²) in [6.45, 7) is 3.87. The van der Waals surface area contributed by atoms with Gasteiger partial charge in [0.05, 0.1) is 6.54 Å². The van der Waals surface area contributed by atoms with Crippen LogP contribution < -0.4 is 5.69 Å². The Labute approximate surface area is 125 Å². The molecule has 0 aliphatic heterocycles. The highest BCUT2D eigenvalue weighted by molar-refractivity contribution is 5.35. The van der Waals surface area contributed by atoms with Gasteiger partial charge in [0.25, 0.3) is 0 Å². The van der Waals surface area contributed by atoms with Crippen molar-refractivity contribution in [1.82, 2.24) is 19.1 Å². The number of likely N-dealkylation sites (N-methyl/N-ethyl adjacent to an activating group) is 1. The quantitative estimate of drug-likeness (QED) is 0.864. The lowest BCUT2D eigenvalue weighted by atomic mass is 9.87. The number of nitrogens with zero attached hydrogens (tertiary/aromatic N) is 4. The van der Waals surface area contributed by atoms with E-state index in [2.05, 4.69) is 24.0 Å². The molecule has 21 heavy (non-hydrogen) atoms. The summed E-state index contributed by atoms with van der Waals surface area (Å²) in [5.41, 5.74) is 0.674. The Morgan fingerprint density at radius 3 is 2.76 bits per heavy atom. The van der Waals surface area contributed by atoms with E-state index >= 15 is 0 Å². The number of hydrogen-bond acceptors (Lipinski definition) is 3. The first-order valence-corrected chi connectivity index (χ1v) is 7.89. The lowest BCUT2D eigenvalue weighted by molar-refractivity contribution is 0.163. The molecule has 1 saturated carbocycles. The van der Waals surface area contributed by atoms with Crippen LogP contribution in [0.25, 0.3) is 5.65 Å². The Kier molecular flexibility index (Phi) is 4.10. The molecule has 2 aromatic rings. The van der Waals surface area contributed by atoms with Crippen molar-refractivity contribution in [2.45, 2.75) is 45.2 Å². The first-order chi connectivity index (χ1) is 10.1. The normalized spacial score (nSPS) is 23.0. The molecule has 0 bridgehead atoms. The van der Waals surface area contributed by atoms with E-state index in [-0.39, 0.29) is 5.69 Å².